The molecule has 21 heavy (non-hydrogen) atoms. The first kappa shape index (κ1) is 12.5. The average molecular weight is 279 g/mol. The summed E-state index contributed by atoms with van der Waals surface area (Å²) in [7, 11) is 0. The Balaban J connectivity index is 1.81. The lowest BCUT2D eigenvalue weighted by atomic mass is 9.98. The molecule has 106 valence electrons. The minimum atomic E-state index is 0.298. The summed E-state index contributed by atoms with van der Waals surface area (Å²) in [6.07, 6.45) is 2.32. The van der Waals surface area contributed by atoms with E-state index in [1.807, 2.05) is 24.3 Å². The Labute approximate surface area is 123 Å². The normalized spacial score (nSPS) is 27.8. The Morgan fingerprint density at radius 2 is 2.05 bits per heavy atom. The minimum Gasteiger partial charge on any atom is -0.368 e. The molecule has 3 unspecified atom stereocenters. The van der Waals surface area contributed by atoms with E-state index in [0.717, 1.165) is 36.1 Å². The van der Waals surface area contributed by atoms with Crippen LogP contribution in [0.1, 0.15) is 18.5 Å². The highest BCUT2D eigenvalue weighted by atomic mass is 15.2. The Morgan fingerprint density at radius 3 is 2.86 bits per heavy atom. The lowest BCUT2D eigenvalue weighted by Crippen LogP contribution is -2.30. The molecule has 1 aliphatic carbocycles. The van der Waals surface area contributed by atoms with Gasteiger partial charge in [0.05, 0.1) is 11.2 Å². The molecule has 2 N–H and O–H groups in total. The SMILES string of the molecule is N#Cc1nnc2ccccc2c1N1CC2CCC(N)C2C1. The maximum Gasteiger partial charge on any atom is 0.187 e. The number of hydrogen-bond donors (Lipinski definition) is 1. The third kappa shape index (κ3) is 1.87. The molecular weight excluding hydrogens is 262 g/mol. The lowest BCUT2D eigenvalue weighted by Gasteiger charge is -2.22. The van der Waals surface area contributed by atoms with Gasteiger partial charge in [0.15, 0.2) is 5.69 Å². The molecule has 5 nitrogen and oxygen atoms in total. The first-order valence-corrected chi connectivity index (χ1v) is 7.44. The van der Waals surface area contributed by atoms with Crippen molar-refractivity contribution < 1.29 is 0 Å². The van der Waals surface area contributed by atoms with Gasteiger partial charge in [0.2, 0.25) is 0 Å². The monoisotopic (exact) mass is 279 g/mol. The van der Waals surface area contributed by atoms with Crippen molar-refractivity contribution >= 4 is 16.6 Å². The number of nitriles is 1. The maximum absolute atomic E-state index is 9.39. The van der Waals surface area contributed by atoms with Crippen LogP contribution in [0.3, 0.4) is 0 Å². The molecule has 0 bridgehead atoms. The van der Waals surface area contributed by atoms with Gasteiger partial charge in [0.1, 0.15) is 6.07 Å². The molecular formula is C16H17N5. The molecule has 3 atom stereocenters. The van der Waals surface area contributed by atoms with E-state index in [4.69, 9.17) is 5.73 Å². The predicted molar refractivity (Wildman–Crippen MR) is 80.7 cm³/mol. The second kappa shape index (κ2) is 4.68. The van der Waals surface area contributed by atoms with E-state index in [1.165, 1.54) is 6.42 Å². The van der Waals surface area contributed by atoms with E-state index in [2.05, 4.69) is 21.2 Å². The van der Waals surface area contributed by atoms with Crippen LogP contribution in [-0.2, 0) is 0 Å². The average Bonchev–Trinajstić information content (AvgIpc) is 3.08. The van der Waals surface area contributed by atoms with Crippen LogP contribution in [0.4, 0.5) is 5.69 Å². The van der Waals surface area contributed by atoms with E-state index in [0.29, 0.717) is 23.6 Å². The summed E-state index contributed by atoms with van der Waals surface area (Å²) >= 11 is 0. The van der Waals surface area contributed by atoms with Crippen molar-refractivity contribution in [1.29, 1.82) is 5.26 Å². The summed E-state index contributed by atoms with van der Waals surface area (Å²) in [5.74, 6) is 1.20. The van der Waals surface area contributed by atoms with Crippen LogP contribution in [0.2, 0.25) is 0 Å². The van der Waals surface area contributed by atoms with E-state index in [1.54, 1.807) is 0 Å². The molecule has 2 aromatic rings. The second-order valence-electron chi connectivity index (χ2n) is 6.10. The van der Waals surface area contributed by atoms with Gasteiger partial charge in [0.25, 0.3) is 0 Å². The molecule has 0 radical (unpaired) electrons. The molecule has 2 aliphatic rings. The molecule has 2 fully saturated rings. The van der Waals surface area contributed by atoms with Gasteiger partial charge < -0.3 is 10.6 Å². The Morgan fingerprint density at radius 1 is 1.19 bits per heavy atom. The molecule has 1 saturated heterocycles. The minimum absolute atomic E-state index is 0.298. The zero-order valence-electron chi connectivity index (χ0n) is 11.7. The van der Waals surface area contributed by atoms with Crippen LogP contribution < -0.4 is 10.6 Å². The molecule has 1 aromatic heterocycles. The van der Waals surface area contributed by atoms with Crippen molar-refractivity contribution in [3.63, 3.8) is 0 Å². The summed E-state index contributed by atoms with van der Waals surface area (Å²) in [5, 5.41) is 18.6. The predicted octanol–water partition coefficient (Wildman–Crippen LogP) is 1.67. The van der Waals surface area contributed by atoms with Crippen LogP contribution in [0.15, 0.2) is 24.3 Å². The highest BCUT2D eigenvalue weighted by Gasteiger charge is 2.42. The van der Waals surface area contributed by atoms with Crippen LogP contribution in [0.5, 0.6) is 0 Å². The number of benzene rings is 1. The molecule has 0 amide bonds. The number of anilines is 1. The summed E-state index contributed by atoms with van der Waals surface area (Å²) in [6, 6.07) is 10.4. The number of hydrogen-bond acceptors (Lipinski definition) is 5. The molecule has 2 heterocycles. The number of nitrogens with two attached hydrogens (primary N) is 1. The van der Waals surface area contributed by atoms with Crippen LogP contribution >= 0.6 is 0 Å². The third-order valence-corrected chi connectivity index (χ3v) is 4.98. The molecule has 0 spiro atoms. The highest BCUT2D eigenvalue weighted by molar-refractivity contribution is 5.93. The number of rotatable bonds is 1. The third-order valence-electron chi connectivity index (χ3n) is 4.98. The van der Waals surface area contributed by atoms with Gasteiger partial charge in [-0.25, -0.2) is 0 Å². The fraction of sp³-hybridized carbons (Fsp3) is 0.438. The summed E-state index contributed by atoms with van der Waals surface area (Å²) < 4.78 is 0. The largest absolute Gasteiger partial charge is 0.368 e. The Hall–Kier alpha value is -2.19. The van der Waals surface area contributed by atoms with E-state index in [9.17, 15) is 5.26 Å². The second-order valence-corrected chi connectivity index (χ2v) is 6.10. The van der Waals surface area contributed by atoms with Crippen LogP contribution in [-0.4, -0.2) is 29.3 Å². The van der Waals surface area contributed by atoms with Crippen molar-refractivity contribution in [1.82, 2.24) is 10.2 Å². The fourth-order valence-corrected chi connectivity index (χ4v) is 3.93. The van der Waals surface area contributed by atoms with E-state index >= 15 is 0 Å². The summed E-state index contributed by atoms with van der Waals surface area (Å²) in [5.41, 5.74) is 8.42. The first-order chi connectivity index (χ1) is 10.3. The summed E-state index contributed by atoms with van der Waals surface area (Å²) in [6.45, 7) is 1.90. The number of fused-ring (bicyclic) bond motifs is 2. The zero-order chi connectivity index (χ0) is 14.4. The summed E-state index contributed by atoms with van der Waals surface area (Å²) in [4.78, 5) is 2.30. The highest BCUT2D eigenvalue weighted by Crippen LogP contribution is 2.41. The van der Waals surface area contributed by atoms with Gasteiger partial charge in [-0.05, 0) is 30.7 Å². The Kier molecular flexibility index (Phi) is 2.79. The molecule has 1 aromatic carbocycles. The van der Waals surface area contributed by atoms with Crippen molar-refractivity contribution in [2.75, 3.05) is 18.0 Å². The van der Waals surface area contributed by atoms with Crippen molar-refractivity contribution in [3.8, 4) is 6.07 Å². The Bertz CT molecular complexity index is 735. The van der Waals surface area contributed by atoms with Crippen molar-refractivity contribution in [2.24, 2.45) is 17.6 Å². The molecule has 1 aliphatic heterocycles. The van der Waals surface area contributed by atoms with E-state index in [-0.39, 0.29) is 0 Å². The van der Waals surface area contributed by atoms with Crippen LogP contribution in [0.25, 0.3) is 10.9 Å². The van der Waals surface area contributed by atoms with Gasteiger partial charge in [0, 0.05) is 24.5 Å². The molecule has 5 heteroatoms. The standard InChI is InChI=1S/C16H17N5/c17-7-15-16(11-3-1-2-4-14(11)19-20-15)21-8-10-5-6-13(18)12(10)9-21/h1-4,10,12-13H,5-6,8-9,18H2. The van der Waals surface area contributed by atoms with Gasteiger partial charge in [-0.3, -0.25) is 0 Å². The first-order valence-electron chi connectivity index (χ1n) is 7.44. The van der Waals surface area contributed by atoms with Gasteiger partial charge in [-0.15, -0.1) is 10.2 Å². The van der Waals surface area contributed by atoms with Gasteiger partial charge in [-0.1, -0.05) is 18.2 Å². The number of nitrogens with zero attached hydrogens (tertiary/aromatic N) is 4. The van der Waals surface area contributed by atoms with Crippen molar-refractivity contribution in [3.05, 3.63) is 30.0 Å². The number of aromatic nitrogens is 2. The van der Waals surface area contributed by atoms with Gasteiger partial charge in [-0.2, -0.15) is 5.26 Å². The van der Waals surface area contributed by atoms with Gasteiger partial charge >= 0.3 is 0 Å². The smallest absolute Gasteiger partial charge is 0.187 e. The fourth-order valence-electron chi connectivity index (χ4n) is 3.93. The quantitative estimate of drug-likeness (QED) is 0.859. The maximum atomic E-state index is 9.39. The topological polar surface area (TPSA) is 78.8 Å². The van der Waals surface area contributed by atoms with Crippen molar-refractivity contribution in [2.45, 2.75) is 18.9 Å². The molecule has 4 rings (SSSR count). The zero-order valence-corrected chi connectivity index (χ0v) is 11.7. The molecule has 1 saturated carbocycles. The van der Waals surface area contributed by atoms with Crippen LogP contribution in [0, 0.1) is 23.2 Å². The lowest BCUT2D eigenvalue weighted by molar-refractivity contribution is 0.453. The van der Waals surface area contributed by atoms with E-state index < -0.39 is 0 Å².